The summed E-state index contributed by atoms with van der Waals surface area (Å²) in [6, 6.07) is 10.5. The maximum Gasteiger partial charge on any atom is 0.307 e. The normalized spacial score (nSPS) is 15.6. The number of rotatable bonds is 5. The number of ether oxygens (including phenoxy) is 1. The molecule has 1 aliphatic rings. The number of aromatic nitrogens is 1. The number of pyridine rings is 1. The van der Waals surface area contributed by atoms with Gasteiger partial charge in [0.15, 0.2) is 11.8 Å². The summed E-state index contributed by atoms with van der Waals surface area (Å²) in [5, 5.41) is 4.78. The molecule has 0 fully saturated rings. The zero-order valence-corrected chi connectivity index (χ0v) is 15.0. The molecule has 0 saturated heterocycles. The van der Waals surface area contributed by atoms with Crippen LogP contribution < -0.4 is 10.6 Å². The molecule has 1 aromatic heterocycles. The van der Waals surface area contributed by atoms with Crippen molar-refractivity contribution < 1.29 is 19.1 Å². The van der Waals surface area contributed by atoms with Crippen molar-refractivity contribution in [2.24, 2.45) is 0 Å². The van der Waals surface area contributed by atoms with Crippen molar-refractivity contribution in [1.82, 2.24) is 4.98 Å². The van der Waals surface area contributed by atoms with E-state index in [1.807, 2.05) is 18.2 Å². The molecule has 2 N–H and O–H groups in total. The van der Waals surface area contributed by atoms with Gasteiger partial charge in [0, 0.05) is 11.1 Å². The van der Waals surface area contributed by atoms with Gasteiger partial charge in [0.25, 0.3) is 5.91 Å². The van der Waals surface area contributed by atoms with Crippen LogP contribution in [0.15, 0.2) is 47.5 Å². The molecule has 0 unspecified atom stereocenters. The third-order valence-corrected chi connectivity index (χ3v) is 5.03. The molecule has 0 radical (unpaired) electrons. The number of carbonyl (C=O) groups excluding carboxylic acids is 3. The van der Waals surface area contributed by atoms with Gasteiger partial charge in [-0.3, -0.25) is 14.4 Å². The van der Waals surface area contributed by atoms with Crippen molar-refractivity contribution in [3.8, 4) is 0 Å². The molecule has 2 aromatic rings. The fraction of sp³-hybridized carbons (Fsp3) is 0.176. The fourth-order valence-corrected chi connectivity index (χ4v) is 3.51. The fourth-order valence-electron chi connectivity index (χ4n) is 2.25. The SMILES string of the molecule is O=C(COC(=O)C[C@H]1Sc2ccccc2NC1=O)Nc1cccnc1Cl. The van der Waals surface area contributed by atoms with Gasteiger partial charge in [0.05, 0.1) is 23.0 Å². The minimum atomic E-state index is -0.635. The lowest BCUT2D eigenvalue weighted by Crippen LogP contribution is -2.32. The first kappa shape index (κ1) is 18.2. The van der Waals surface area contributed by atoms with Gasteiger partial charge in [-0.2, -0.15) is 0 Å². The van der Waals surface area contributed by atoms with E-state index >= 15 is 0 Å². The number of thioether (sulfide) groups is 1. The summed E-state index contributed by atoms with van der Waals surface area (Å²) in [7, 11) is 0. The molecule has 9 heteroatoms. The van der Waals surface area contributed by atoms with E-state index in [2.05, 4.69) is 15.6 Å². The van der Waals surface area contributed by atoms with Crippen LogP contribution in [0.4, 0.5) is 11.4 Å². The number of nitrogens with zero attached hydrogens (tertiary/aromatic N) is 1. The number of carbonyl (C=O) groups is 3. The molecule has 2 amide bonds. The Morgan fingerprint density at radius 1 is 1.27 bits per heavy atom. The predicted molar refractivity (Wildman–Crippen MR) is 98.2 cm³/mol. The van der Waals surface area contributed by atoms with Crippen molar-refractivity contribution >= 4 is 52.5 Å². The molecule has 0 aliphatic carbocycles. The van der Waals surface area contributed by atoms with Gasteiger partial charge in [-0.05, 0) is 24.3 Å². The Bertz CT molecular complexity index is 861. The molecular weight excluding hydrogens is 378 g/mol. The van der Waals surface area contributed by atoms with Crippen LogP contribution in [0.25, 0.3) is 0 Å². The lowest BCUT2D eigenvalue weighted by atomic mass is 10.2. The van der Waals surface area contributed by atoms with E-state index in [-0.39, 0.29) is 17.5 Å². The highest BCUT2D eigenvalue weighted by atomic mass is 35.5. The number of para-hydroxylation sites is 1. The summed E-state index contributed by atoms with van der Waals surface area (Å²) in [4.78, 5) is 40.6. The lowest BCUT2D eigenvalue weighted by Gasteiger charge is -2.23. The van der Waals surface area contributed by atoms with Gasteiger partial charge in [-0.15, -0.1) is 11.8 Å². The molecule has 1 aromatic carbocycles. The minimum Gasteiger partial charge on any atom is -0.456 e. The average molecular weight is 392 g/mol. The summed E-state index contributed by atoms with van der Waals surface area (Å²) < 4.78 is 4.95. The van der Waals surface area contributed by atoms with Crippen LogP contribution in [0.2, 0.25) is 5.15 Å². The Labute approximate surface area is 158 Å². The van der Waals surface area contributed by atoms with Gasteiger partial charge in [0.1, 0.15) is 0 Å². The molecule has 0 saturated carbocycles. The molecule has 3 rings (SSSR count). The molecule has 26 heavy (non-hydrogen) atoms. The van der Waals surface area contributed by atoms with E-state index < -0.39 is 23.7 Å². The number of halogens is 1. The summed E-state index contributed by atoms with van der Waals surface area (Å²) in [6.45, 7) is -0.473. The van der Waals surface area contributed by atoms with Crippen LogP contribution >= 0.6 is 23.4 Å². The number of fused-ring (bicyclic) bond motifs is 1. The first-order valence-electron chi connectivity index (χ1n) is 7.65. The summed E-state index contributed by atoms with van der Waals surface area (Å²) in [5.74, 6) is -1.44. The van der Waals surface area contributed by atoms with E-state index in [0.717, 1.165) is 10.6 Å². The van der Waals surface area contributed by atoms with Gasteiger partial charge in [0.2, 0.25) is 5.91 Å². The van der Waals surface area contributed by atoms with E-state index in [9.17, 15) is 14.4 Å². The highest BCUT2D eigenvalue weighted by molar-refractivity contribution is 8.01. The number of esters is 1. The minimum absolute atomic E-state index is 0.133. The Morgan fingerprint density at radius 3 is 2.88 bits per heavy atom. The molecule has 1 atom stereocenters. The van der Waals surface area contributed by atoms with Gasteiger partial charge < -0.3 is 15.4 Å². The van der Waals surface area contributed by atoms with Crippen molar-refractivity contribution in [1.29, 1.82) is 0 Å². The van der Waals surface area contributed by atoms with Crippen LogP contribution in [0, 0.1) is 0 Å². The summed E-state index contributed by atoms with van der Waals surface area (Å²) in [6.07, 6.45) is 1.36. The standard InChI is InChI=1S/C17H14ClN3O4S/c18-16-11(5-3-7-19-16)20-14(22)9-25-15(23)8-13-17(24)21-10-4-1-2-6-12(10)26-13/h1-7,13H,8-9H2,(H,20,22)(H,21,24)/t13-/m1/s1. The van der Waals surface area contributed by atoms with E-state index in [1.165, 1.54) is 18.0 Å². The maximum absolute atomic E-state index is 12.1. The van der Waals surface area contributed by atoms with Crippen LogP contribution in [-0.2, 0) is 19.1 Å². The largest absolute Gasteiger partial charge is 0.456 e. The van der Waals surface area contributed by atoms with E-state index in [1.54, 1.807) is 18.2 Å². The molecule has 7 nitrogen and oxygen atoms in total. The number of benzene rings is 1. The van der Waals surface area contributed by atoms with Gasteiger partial charge in [-0.1, -0.05) is 23.7 Å². The van der Waals surface area contributed by atoms with Gasteiger partial charge >= 0.3 is 5.97 Å². The zero-order valence-electron chi connectivity index (χ0n) is 13.4. The van der Waals surface area contributed by atoms with Gasteiger partial charge in [-0.25, -0.2) is 4.98 Å². The Balaban J connectivity index is 1.49. The number of amides is 2. The monoisotopic (exact) mass is 391 g/mol. The first-order chi connectivity index (χ1) is 12.5. The second-order valence-corrected chi connectivity index (χ2v) is 6.95. The first-order valence-corrected chi connectivity index (χ1v) is 8.91. The quantitative estimate of drug-likeness (QED) is 0.600. The molecule has 1 aliphatic heterocycles. The maximum atomic E-state index is 12.1. The number of hydrogen-bond acceptors (Lipinski definition) is 6. The third-order valence-electron chi connectivity index (χ3n) is 3.46. The second-order valence-electron chi connectivity index (χ2n) is 5.35. The third kappa shape index (κ3) is 4.53. The molecule has 0 bridgehead atoms. The second kappa shape index (κ2) is 8.20. The number of nitrogens with one attached hydrogen (secondary N) is 2. The molecule has 0 spiro atoms. The van der Waals surface area contributed by atoms with Crippen LogP contribution in [0.1, 0.15) is 6.42 Å². The number of hydrogen-bond donors (Lipinski definition) is 2. The van der Waals surface area contributed by atoms with E-state index in [0.29, 0.717) is 5.69 Å². The summed E-state index contributed by atoms with van der Waals surface area (Å²) in [5.41, 5.74) is 1.05. The van der Waals surface area contributed by atoms with Crippen molar-refractivity contribution in [3.63, 3.8) is 0 Å². The van der Waals surface area contributed by atoms with Crippen LogP contribution in [0.5, 0.6) is 0 Å². The van der Waals surface area contributed by atoms with E-state index in [4.69, 9.17) is 16.3 Å². The zero-order chi connectivity index (χ0) is 18.5. The molecule has 134 valence electrons. The Morgan fingerprint density at radius 2 is 2.08 bits per heavy atom. The average Bonchev–Trinajstić information content (AvgIpc) is 2.62. The topological polar surface area (TPSA) is 97.4 Å². The highest BCUT2D eigenvalue weighted by Crippen LogP contribution is 2.36. The summed E-state index contributed by atoms with van der Waals surface area (Å²) >= 11 is 7.13. The van der Waals surface area contributed by atoms with Crippen molar-refractivity contribution in [3.05, 3.63) is 47.7 Å². The van der Waals surface area contributed by atoms with Crippen LogP contribution in [0.3, 0.4) is 0 Å². The Hall–Kier alpha value is -2.58. The van der Waals surface area contributed by atoms with Crippen molar-refractivity contribution in [2.75, 3.05) is 17.2 Å². The lowest BCUT2D eigenvalue weighted by molar-refractivity contribution is -0.147. The van der Waals surface area contributed by atoms with Crippen LogP contribution in [-0.4, -0.2) is 34.6 Å². The molecule has 2 heterocycles. The smallest absolute Gasteiger partial charge is 0.307 e. The Kier molecular flexibility index (Phi) is 5.75. The highest BCUT2D eigenvalue weighted by Gasteiger charge is 2.29. The number of anilines is 2. The molecular formula is C17H14ClN3O4S. The van der Waals surface area contributed by atoms with Crippen molar-refractivity contribution in [2.45, 2.75) is 16.6 Å². The predicted octanol–water partition coefficient (Wildman–Crippen LogP) is 2.72.